The molecule has 0 aliphatic carbocycles. The molecule has 3 atom stereocenters. The van der Waals surface area contributed by atoms with Gasteiger partial charge in [-0.15, -0.1) is 0 Å². The summed E-state index contributed by atoms with van der Waals surface area (Å²) < 4.78 is 11.4. The van der Waals surface area contributed by atoms with Gasteiger partial charge in [-0.2, -0.15) is 0 Å². The third-order valence-corrected chi connectivity index (χ3v) is 5.34. The number of carbonyl (C=O) groups is 3. The molecule has 8 heteroatoms. The van der Waals surface area contributed by atoms with E-state index in [4.69, 9.17) is 14.6 Å². The first-order valence-electron chi connectivity index (χ1n) is 10.7. The summed E-state index contributed by atoms with van der Waals surface area (Å²) in [5, 5.41) is 9.06. The number of carboxylic acid groups (broad SMARTS) is 1. The maximum atomic E-state index is 12.7. The first kappa shape index (κ1) is 25.4. The summed E-state index contributed by atoms with van der Waals surface area (Å²) in [7, 11) is 0. The molecule has 1 saturated heterocycles. The van der Waals surface area contributed by atoms with E-state index < -0.39 is 11.9 Å². The predicted octanol–water partition coefficient (Wildman–Crippen LogP) is 1.87. The van der Waals surface area contributed by atoms with Crippen LogP contribution in [0.4, 0.5) is 0 Å². The van der Waals surface area contributed by atoms with Crippen LogP contribution in [0.25, 0.3) is 0 Å². The van der Waals surface area contributed by atoms with Crippen LogP contribution in [0.1, 0.15) is 47.0 Å². The highest BCUT2D eigenvalue weighted by Crippen LogP contribution is 2.15. The van der Waals surface area contributed by atoms with Gasteiger partial charge >= 0.3 is 5.97 Å². The van der Waals surface area contributed by atoms with Crippen molar-refractivity contribution in [1.29, 1.82) is 0 Å². The predicted molar refractivity (Wildman–Crippen MR) is 109 cm³/mol. The zero-order valence-corrected chi connectivity index (χ0v) is 18.4. The molecule has 168 valence electrons. The average molecular weight is 415 g/mol. The van der Waals surface area contributed by atoms with E-state index in [0.29, 0.717) is 59.0 Å². The van der Waals surface area contributed by atoms with Gasteiger partial charge in [0.2, 0.25) is 11.8 Å². The Hall–Kier alpha value is -1.67. The molecular formula is C21H38N2O6. The Balaban J connectivity index is 2.58. The fourth-order valence-electron chi connectivity index (χ4n) is 3.48. The maximum absolute atomic E-state index is 12.7. The van der Waals surface area contributed by atoms with E-state index in [-0.39, 0.29) is 23.7 Å². The zero-order chi connectivity index (χ0) is 21.8. The minimum atomic E-state index is -0.891. The second-order valence-electron chi connectivity index (χ2n) is 7.94. The topological polar surface area (TPSA) is 96.4 Å². The van der Waals surface area contributed by atoms with E-state index in [9.17, 15) is 14.4 Å². The monoisotopic (exact) mass is 414 g/mol. The lowest BCUT2D eigenvalue weighted by Crippen LogP contribution is -2.43. The van der Waals surface area contributed by atoms with Crippen molar-refractivity contribution in [2.75, 3.05) is 52.6 Å². The Morgan fingerprint density at radius 3 is 1.59 bits per heavy atom. The van der Waals surface area contributed by atoms with Gasteiger partial charge in [0.1, 0.15) is 0 Å². The first-order valence-corrected chi connectivity index (χ1v) is 10.7. The fraction of sp³-hybridized carbons (Fsp3) is 0.857. The van der Waals surface area contributed by atoms with Crippen LogP contribution in [0.5, 0.6) is 0 Å². The third-order valence-electron chi connectivity index (χ3n) is 5.34. The summed E-state index contributed by atoms with van der Waals surface area (Å²) in [5.74, 6) is -1.77. The lowest BCUT2D eigenvalue weighted by Gasteiger charge is -2.29. The van der Waals surface area contributed by atoms with Crippen LogP contribution in [-0.2, 0) is 23.9 Å². The number of aliphatic carboxylic acids is 1. The maximum Gasteiger partial charge on any atom is 0.306 e. The van der Waals surface area contributed by atoms with Crippen LogP contribution in [0.2, 0.25) is 0 Å². The summed E-state index contributed by atoms with van der Waals surface area (Å²) in [6, 6.07) is 0. The normalized spacial score (nSPS) is 20.1. The Bertz CT molecular complexity index is 513. The van der Waals surface area contributed by atoms with Gasteiger partial charge in [0.25, 0.3) is 0 Å². The van der Waals surface area contributed by atoms with Crippen LogP contribution in [0.3, 0.4) is 0 Å². The lowest BCUT2D eigenvalue weighted by molar-refractivity contribution is -0.143. The molecule has 0 aromatic carbocycles. The van der Waals surface area contributed by atoms with Crippen molar-refractivity contribution < 1.29 is 29.0 Å². The molecule has 0 aromatic heterocycles. The van der Waals surface area contributed by atoms with Gasteiger partial charge in [-0.25, -0.2) is 0 Å². The highest BCUT2D eigenvalue weighted by atomic mass is 16.5. The van der Waals surface area contributed by atoms with Gasteiger partial charge < -0.3 is 24.4 Å². The molecule has 0 bridgehead atoms. The van der Waals surface area contributed by atoms with Gasteiger partial charge in [0.15, 0.2) is 0 Å². The van der Waals surface area contributed by atoms with Crippen molar-refractivity contribution in [1.82, 2.24) is 9.80 Å². The van der Waals surface area contributed by atoms with E-state index in [1.807, 2.05) is 6.92 Å². The van der Waals surface area contributed by atoms with Crippen molar-refractivity contribution in [3.63, 3.8) is 0 Å². The summed E-state index contributed by atoms with van der Waals surface area (Å²) in [6.07, 6.45) is 2.15. The van der Waals surface area contributed by atoms with E-state index in [1.54, 1.807) is 23.6 Å². The molecule has 1 heterocycles. The number of carboxylic acids is 1. The molecule has 1 aliphatic heterocycles. The molecule has 1 rings (SSSR count). The SMILES string of the molecule is CCC[C@H](C)C(=O)N1CCOCCN(C(=O)[C@H](C)C[C@H](C)C(=O)O)CCOCC1. The van der Waals surface area contributed by atoms with Crippen molar-refractivity contribution in [2.45, 2.75) is 47.0 Å². The van der Waals surface area contributed by atoms with E-state index in [2.05, 4.69) is 6.92 Å². The number of rotatable bonds is 7. The number of nitrogens with zero attached hydrogens (tertiary/aromatic N) is 2. The second-order valence-corrected chi connectivity index (χ2v) is 7.94. The number of carbonyl (C=O) groups excluding carboxylic acids is 2. The average Bonchev–Trinajstić information content (AvgIpc) is 2.67. The number of amides is 2. The van der Waals surface area contributed by atoms with Crippen LogP contribution in [0.15, 0.2) is 0 Å². The minimum Gasteiger partial charge on any atom is -0.481 e. The largest absolute Gasteiger partial charge is 0.481 e. The molecule has 8 nitrogen and oxygen atoms in total. The van der Waals surface area contributed by atoms with Gasteiger partial charge in [-0.05, 0) is 12.8 Å². The quantitative estimate of drug-likeness (QED) is 0.683. The molecule has 0 unspecified atom stereocenters. The zero-order valence-electron chi connectivity index (χ0n) is 18.4. The number of hydrogen-bond donors (Lipinski definition) is 1. The molecule has 0 radical (unpaired) electrons. The fourth-order valence-corrected chi connectivity index (χ4v) is 3.48. The number of hydrogen-bond acceptors (Lipinski definition) is 5. The summed E-state index contributed by atoms with van der Waals surface area (Å²) >= 11 is 0. The summed E-state index contributed by atoms with van der Waals surface area (Å²) in [6.45, 7) is 10.9. The molecule has 0 saturated carbocycles. The van der Waals surface area contributed by atoms with E-state index in [1.165, 1.54) is 0 Å². The van der Waals surface area contributed by atoms with Crippen LogP contribution < -0.4 is 0 Å². The Labute approximate surface area is 174 Å². The Morgan fingerprint density at radius 2 is 1.21 bits per heavy atom. The van der Waals surface area contributed by atoms with Crippen molar-refractivity contribution in [3.8, 4) is 0 Å². The second kappa shape index (κ2) is 13.5. The minimum absolute atomic E-state index is 0.00398. The molecular weight excluding hydrogens is 376 g/mol. The van der Waals surface area contributed by atoms with Crippen molar-refractivity contribution in [2.24, 2.45) is 17.8 Å². The molecule has 29 heavy (non-hydrogen) atoms. The number of ether oxygens (including phenoxy) is 2. The molecule has 1 N–H and O–H groups in total. The van der Waals surface area contributed by atoms with Crippen LogP contribution in [-0.4, -0.2) is 85.3 Å². The van der Waals surface area contributed by atoms with Gasteiger partial charge in [0, 0.05) is 38.0 Å². The summed E-state index contributed by atoms with van der Waals surface area (Å²) in [5.41, 5.74) is 0. The molecule has 0 spiro atoms. The van der Waals surface area contributed by atoms with Crippen LogP contribution >= 0.6 is 0 Å². The van der Waals surface area contributed by atoms with E-state index >= 15 is 0 Å². The van der Waals surface area contributed by atoms with Gasteiger partial charge in [-0.1, -0.05) is 34.1 Å². The molecule has 1 aliphatic rings. The standard InChI is InChI=1S/C21H38N2O6/c1-5-6-16(2)19(24)22-7-11-28-13-9-23(10-14-29-12-8-22)20(25)17(3)15-18(4)21(26)27/h16-18H,5-15H2,1-4H3,(H,26,27)/t16-,17+,18-/m0/s1. The Kier molecular flexibility index (Phi) is 11.8. The van der Waals surface area contributed by atoms with Gasteiger partial charge in [-0.3, -0.25) is 14.4 Å². The third kappa shape index (κ3) is 9.12. The smallest absolute Gasteiger partial charge is 0.306 e. The molecule has 1 fully saturated rings. The first-order chi connectivity index (χ1) is 13.8. The Morgan fingerprint density at radius 1 is 0.793 bits per heavy atom. The van der Waals surface area contributed by atoms with E-state index in [0.717, 1.165) is 12.8 Å². The highest BCUT2D eigenvalue weighted by molar-refractivity contribution is 5.79. The molecule has 2 amide bonds. The van der Waals surface area contributed by atoms with Gasteiger partial charge in [0.05, 0.1) is 32.3 Å². The van der Waals surface area contributed by atoms with Crippen LogP contribution in [0, 0.1) is 17.8 Å². The summed E-state index contributed by atoms with van der Waals surface area (Å²) in [4.78, 5) is 39.8. The highest BCUT2D eigenvalue weighted by Gasteiger charge is 2.25. The van der Waals surface area contributed by atoms with Crippen molar-refractivity contribution >= 4 is 17.8 Å². The lowest BCUT2D eigenvalue weighted by atomic mass is 9.96. The van der Waals surface area contributed by atoms with Crippen molar-refractivity contribution in [3.05, 3.63) is 0 Å². The molecule has 0 aromatic rings.